The minimum Gasteiger partial charge on any atom is -0.485 e. The van der Waals surface area contributed by atoms with E-state index in [0.717, 1.165) is 0 Å². The number of halogens is 1. The number of nitrogens with one attached hydrogen (secondary N) is 1. The Morgan fingerprint density at radius 2 is 1.84 bits per heavy atom. The zero-order valence-corrected chi connectivity index (χ0v) is 14.2. The zero-order valence-electron chi connectivity index (χ0n) is 13.4. The summed E-state index contributed by atoms with van der Waals surface area (Å²) in [6.07, 6.45) is -1.90. The van der Waals surface area contributed by atoms with Gasteiger partial charge in [-0.15, -0.1) is 0 Å². The number of ether oxygens (including phenoxy) is 3. The molecule has 2 aromatic carbocycles. The van der Waals surface area contributed by atoms with Crippen LogP contribution in [0.3, 0.4) is 0 Å². The molecule has 0 radical (unpaired) electrons. The van der Waals surface area contributed by atoms with Gasteiger partial charge in [0.05, 0.1) is 0 Å². The van der Waals surface area contributed by atoms with E-state index in [0.29, 0.717) is 22.2 Å². The maximum absolute atomic E-state index is 12.2. The highest BCUT2D eigenvalue weighted by atomic mass is 35.5. The van der Waals surface area contributed by atoms with Crippen molar-refractivity contribution in [1.82, 2.24) is 0 Å². The van der Waals surface area contributed by atoms with E-state index in [-0.39, 0.29) is 6.61 Å². The average molecular weight is 362 g/mol. The fourth-order valence-corrected chi connectivity index (χ4v) is 2.34. The molecule has 130 valence electrons. The summed E-state index contributed by atoms with van der Waals surface area (Å²) in [5.74, 6) is -0.0740. The number of para-hydroxylation sites is 2. The van der Waals surface area contributed by atoms with E-state index < -0.39 is 24.1 Å². The summed E-state index contributed by atoms with van der Waals surface area (Å²) in [6, 6.07) is 13.7. The lowest BCUT2D eigenvalue weighted by atomic mass is 10.2. The molecular formula is C18H16ClNO5. The molecule has 2 atom stereocenters. The van der Waals surface area contributed by atoms with Gasteiger partial charge in [0.2, 0.25) is 6.10 Å². The van der Waals surface area contributed by atoms with Crippen LogP contribution in [-0.2, 0) is 14.3 Å². The predicted octanol–water partition coefficient (Wildman–Crippen LogP) is 3.05. The Kier molecular flexibility index (Phi) is 5.09. The quantitative estimate of drug-likeness (QED) is 0.847. The molecule has 1 aliphatic rings. The van der Waals surface area contributed by atoms with E-state index >= 15 is 0 Å². The van der Waals surface area contributed by atoms with E-state index in [1.165, 1.54) is 6.92 Å². The Balaban J connectivity index is 1.55. The minimum atomic E-state index is -0.982. The second-order valence-corrected chi connectivity index (χ2v) is 5.88. The topological polar surface area (TPSA) is 73.9 Å². The van der Waals surface area contributed by atoms with Crippen molar-refractivity contribution >= 4 is 29.2 Å². The lowest BCUT2D eigenvalue weighted by Crippen LogP contribution is -2.41. The first-order chi connectivity index (χ1) is 12.0. The van der Waals surface area contributed by atoms with Gasteiger partial charge in [-0.1, -0.05) is 23.7 Å². The van der Waals surface area contributed by atoms with Crippen LogP contribution in [0, 0.1) is 0 Å². The molecule has 0 aliphatic carbocycles. The van der Waals surface area contributed by atoms with Gasteiger partial charge in [0.1, 0.15) is 6.61 Å². The molecule has 6 nitrogen and oxygen atoms in total. The van der Waals surface area contributed by atoms with Crippen LogP contribution in [0.25, 0.3) is 0 Å². The fourth-order valence-electron chi connectivity index (χ4n) is 2.22. The Hall–Kier alpha value is -2.73. The van der Waals surface area contributed by atoms with Crippen molar-refractivity contribution in [2.75, 3.05) is 11.9 Å². The third-order valence-corrected chi connectivity index (χ3v) is 3.80. The molecule has 0 fully saturated rings. The SMILES string of the molecule is CC(OC(=O)C1COc2ccccc2O1)C(=O)Nc1ccc(Cl)cc1. The zero-order chi connectivity index (χ0) is 17.8. The summed E-state index contributed by atoms with van der Waals surface area (Å²) in [5, 5.41) is 3.21. The maximum Gasteiger partial charge on any atom is 0.351 e. The Morgan fingerprint density at radius 3 is 2.56 bits per heavy atom. The molecular weight excluding hydrogens is 346 g/mol. The lowest BCUT2D eigenvalue weighted by Gasteiger charge is -2.25. The molecule has 1 amide bonds. The lowest BCUT2D eigenvalue weighted by molar-refractivity contribution is -0.162. The monoisotopic (exact) mass is 361 g/mol. The summed E-state index contributed by atoms with van der Waals surface area (Å²) < 4.78 is 16.2. The van der Waals surface area contributed by atoms with Crippen LogP contribution in [0.2, 0.25) is 5.02 Å². The molecule has 0 saturated heterocycles. The summed E-state index contributed by atoms with van der Waals surface area (Å²) in [4.78, 5) is 24.3. The predicted molar refractivity (Wildman–Crippen MR) is 92.0 cm³/mol. The molecule has 25 heavy (non-hydrogen) atoms. The molecule has 0 spiro atoms. The molecule has 3 rings (SSSR count). The average Bonchev–Trinajstić information content (AvgIpc) is 2.63. The maximum atomic E-state index is 12.2. The second-order valence-electron chi connectivity index (χ2n) is 5.44. The first-order valence-electron chi connectivity index (χ1n) is 7.68. The van der Waals surface area contributed by atoms with Crippen LogP contribution in [0.4, 0.5) is 5.69 Å². The van der Waals surface area contributed by atoms with Crippen molar-refractivity contribution < 1.29 is 23.8 Å². The van der Waals surface area contributed by atoms with Gasteiger partial charge in [0.15, 0.2) is 17.6 Å². The number of hydrogen-bond acceptors (Lipinski definition) is 5. The van der Waals surface area contributed by atoms with Crippen LogP contribution in [-0.4, -0.2) is 30.7 Å². The molecule has 1 aliphatic heterocycles. The van der Waals surface area contributed by atoms with Crippen molar-refractivity contribution in [3.63, 3.8) is 0 Å². The van der Waals surface area contributed by atoms with Crippen molar-refractivity contribution in [3.05, 3.63) is 53.6 Å². The number of benzene rings is 2. The minimum absolute atomic E-state index is 0.0291. The van der Waals surface area contributed by atoms with Gasteiger partial charge < -0.3 is 19.5 Å². The first-order valence-corrected chi connectivity index (χ1v) is 8.06. The smallest absolute Gasteiger partial charge is 0.351 e. The molecule has 0 aromatic heterocycles. The molecule has 0 saturated carbocycles. The highest BCUT2D eigenvalue weighted by molar-refractivity contribution is 6.30. The summed E-state index contributed by atoms with van der Waals surface area (Å²) >= 11 is 5.79. The Labute approximate surface area is 149 Å². The van der Waals surface area contributed by atoms with Crippen molar-refractivity contribution in [3.8, 4) is 11.5 Å². The van der Waals surface area contributed by atoms with Gasteiger partial charge in [0.25, 0.3) is 5.91 Å². The number of rotatable bonds is 4. The third-order valence-electron chi connectivity index (χ3n) is 3.55. The van der Waals surface area contributed by atoms with E-state index in [4.69, 9.17) is 25.8 Å². The number of hydrogen-bond donors (Lipinski definition) is 1. The Bertz CT molecular complexity index is 777. The number of anilines is 1. The largest absolute Gasteiger partial charge is 0.485 e. The highest BCUT2D eigenvalue weighted by Gasteiger charge is 2.31. The van der Waals surface area contributed by atoms with E-state index in [2.05, 4.69) is 5.32 Å². The molecule has 0 bridgehead atoms. The Morgan fingerprint density at radius 1 is 1.16 bits per heavy atom. The van der Waals surface area contributed by atoms with Gasteiger partial charge >= 0.3 is 5.97 Å². The highest BCUT2D eigenvalue weighted by Crippen LogP contribution is 2.31. The molecule has 2 unspecified atom stereocenters. The van der Waals surface area contributed by atoms with E-state index in [9.17, 15) is 9.59 Å². The van der Waals surface area contributed by atoms with Crippen LogP contribution >= 0.6 is 11.6 Å². The number of amides is 1. The van der Waals surface area contributed by atoms with Gasteiger partial charge in [-0.3, -0.25) is 4.79 Å². The molecule has 2 aromatic rings. The van der Waals surface area contributed by atoms with E-state index in [1.807, 2.05) is 6.07 Å². The summed E-state index contributed by atoms with van der Waals surface area (Å²) in [6.45, 7) is 1.52. The van der Waals surface area contributed by atoms with Gasteiger partial charge in [-0.05, 0) is 43.3 Å². The van der Waals surface area contributed by atoms with Gasteiger partial charge in [0, 0.05) is 10.7 Å². The third kappa shape index (κ3) is 4.22. The number of fused-ring (bicyclic) bond motifs is 1. The van der Waals surface area contributed by atoms with Crippen LogP contribution in [0.1, 0.15) is 6.92 Å². The normalized spacial score (nSPS) is 16.6. The van der Waals surface area contributed by atoms with Gasteiger partial charge in [-0.25, -0.2) is 4.79 Å². The fraction of sp³-hybridized carbons (Fsp3) is 0.222. The number of carbonyl (C=O) groups excluding carboxylic acids is 2. The standard InChI is InChI=1S/C18H16ClNO5/c1-11(17(21)20-13-8-6-12(19)7-9-13)24-18(22)16-10-23-14-4-2-3-5-15(14)25-16/h2-9,11,16H,10H2,1H3,(H,20,21). The summed E-state index contributed by atoms with van der Waals surface area (Å²) in [5.41, 5.74) is 0.559. The number of esters is 1. The molecule has 7 heteroatoms. The van der Waals surface area contributed by atoms with Crippen molar-refractivity contribution in [1.29, 1.82) is 0 Å². The van der Waals surface area contributed by atoms with Crippen LogP contribution in [0.5, 0.6) is 11.5 Å². The van der Waals surface area contributed by atoms with Crippen LogP contribution in [0.15, 0.2) is 48.5 Å². The molecule has 1 heterocycles. The summed E-state index contributed by atoms with van der Waals surface area (Å²) in [7, 11) is 0. The first kappa shape index (κ1) is 17.1. The van der Waals surface area contributed by atoms with Crippen molar-refractivity contribution in [2.24, 2.45) is 0 Å². The number of carbonyl (C=O) groups is 2. The molecule has 1 N–H and O–H groups in total. The van der Waals surface area contributed by atoms with E-state index in [1.54, 1.807) is 42.5 Å². The van der Waals surface area contributed by atoms with Crippen LogP contribution < -0.4 is 14.8 Å². The van der Waals surface area contributed by atoms with Crippen molar-refractivity contribution in [2.45, 2.75) is 19.1 Å². The second kappa shape index (κ2) is 7.44. The van der Waals surface area contributed by atoms with Gasteiger partial charge in [-0.2, -0.15) is 0 Å².